The fraction of sp³-hybridized carbons (Fsp3) is 0.0968. The van der Waals surface area contributed by atoms with Crippen LogP contribution in [-0.2, 0) is 6.42 Å². The zero-order chi connectivity index (χ0) is 26.9. The van der Waals surface area contributed by atoms with Crippen molar-refractivity contribution >= 4 is 33.6 Å². The average molecular weight is 518 g/mol. The molecule has 0 unspecified atom stereocenters. The predicted molar refractivity (Wildman–Crippen MR) is 146 cm³/mol. The van der Waals surface area contributed by atoms with E-state index in [9.17, 15) is 14.7 Å². The monoisotopic (exact) mass is 517 g/mol. The number of amides is 1. The first-order valence-corrected chi connectivity index (χ1v) is 12.4. The van der Waals surface area contributed by atoms with Gasteiger partial charge in [0, 0.05) is 18.1 Å². The fourth-order valence-electron chi connectivity index (χ4n) is 4.76. The maximum Gasteiger partial charge on any atom is 0.335 e. The van der Waals surface area contributed by atoms with E-state index in [0.29, 0.717) is 39.9 Å². The Hall–Kier alpha value is -5.24. The van der Waals surface area contributed by atoms with Crippen molar-refractivity contribution in [3.8, 4) is 11.3 Å². The molecule has 2 N–H and O–H groups in total. The summed E-state index contributed by atoms with van der Waals surface area (Å²) < 4.78 is 10.8. The summed E-state index contributed by atoms with van der Waals surface area (Å²) in [6.45, 7) is 1.84. The van der Waals surface area contributed by atoms with Crippen LogP contribution >= 0.6 is 0 Å². The number of nitrogens with one attached hydrogen (secondary N) is 1. The van der Waals surface area contributed by atoms with Crippen molar-refractivity contribution in [3.63, 3.8) is 0 Å². The van der Waals surface area contributed by atoms with E-state index in [2.05, 4.69) is 39.9 Å². The molecule has 8 nitrogen and oxygen atoms in total. The third kappa shape index (κ3) is 4.75. The number of carbonyl (C=O) groups excluding carboxylic acids is 1. The molecular formula is C31H23N3O5. The SMILES string of the molecule is C[C@H](NC(=O)c1cc(-c2ccon2)cc2noc(Cc3ccc4ccccc4c3)c12)c1ccc(C(=O)O)cc1. The second kappa shape index (κ2) is 9.90. The van der Waals surface area contributed by atoms with Gasteiger partial charge in [0.1, 0.15) is 23.2 Å². The summed E-state index contributed by atoms with van der Waals surface area (Å²) in [6, 6.07) is 25.7. The van der Waals surface area contributed by atoms with Crippen LogP contribution in [0, 0.1) is 0 Å². The molecule has 0 bridgehead atoms. The summed E-state index contributed by atoms with van der Waals surface area (Å²) >= 11 is 0. The summed E-state index contributed by atoms with van der Waals surface area (Å²) in [5, 5.41) is 23.4. The first-order valence-electron chi connectivity index (χ1n) is 12.4. The minimum absolute atomic E-state index is 0.183. The van der Waals surface area contributed by atoms with Gasteiger partial charge in [0.05, 0.1) is 22.6 Å². The number of carboxylic acid groups (broad SMARTS) is 1. The van der Waals surface area contributed by atoms with Crippen LogP contribution in [0.3, 0.4) is 0 Å². The van der Waals surface area contributed by atoms with Gasteiger partial charge in [-0.25, -0.2) is 4.79 Å². The van der Waals surface area contributed by atoms with Gasteiger partial charge < -0.3 is 19.5 Å². The normalized spacial score (nSPS) is 12.0. The Morgan fingerprint density at radius 2 is 1.72 bits per heavy atom. The molecule has 0 spiro atoms. The maximum atomic E-state index is 13.7. The Balaban J connectivity index is 1.38. The van der Waals surface area contributed by atoms with Crippen LogP contribution in [0.4, 0.5) is 0 Å². The van der Waals surface area contributed by atoms with Crippen molar-refractivity contribution in [2.45, 2.75) is 19.4 Å². The molecule has 0 saturated heterocycles. The predicted octanol–water partition coefficient (Wildman–Crippen LogP) is 6.42. The molecule has 0 aliphatic heterocycles. The van der Waals surface area contributed by atoms with E-state index in [4.69, 9.17) is 9.05 Å². The van der Waals surface area contributed by atoms with Gasteiger partial charge in [-0.3, -0.25) is 4.79 Å². The third-order valence-corrected chi connectivity index (χ3v) is 6.81. The number of rotatable bonds is 7. The van der Waals surface area contributed by atoms with Gasteiger partial charge in [-0.1, -0.05) is 64.9 Å². The van der Waals surface area contributed by atoms with E-state index in [0.717, 1.165) is 21.9 Å². The van der Waals surface area contributed by atoms with Crippen LogP contribution in [0.25, 0.3) is 32.9 Å². The zero-order valence-corrected chi connectivity index (χ0v) is 20.9. The second-order valence-corrected chi connectivity index (χ2v) is 9.39. The fourth-order valence-corrected chi connectivity index (χ4v) is 4.76. The average Bonchev–Trinajstić information content (AvgIpc) is 3.63. The molecule has 192 valence electrons. The number of aromatic carboxylic acids is 1. The highest BCUT2D eigenvalue weighted by Crippen LogP contribution is 2.31. The van der Waals surface area contributed by atoms with Crippen LogP contribution in [0.1, 0.15) is 50.6 Å². The topological polar surface area (TPSA) is 118 Å². The Labute approximate surface area is 222 Å². The molecule has 1 atom stereocenters. The highest BCUT2D eigenvalue weighted by Gasteiger charge is 2.22. The lowest BCUT2D eigenvalue weighted by molar-refractivity contribution is 0.0696. The van der Waals surface area contributed by atoms with Crippen molar-refractivity contribution in [2.75, 3.05) is 0 Å². The number of hydrogen-bond acceptors (Lipinski definition) is 6. The lowest BCUT2D eigenvalue weighted by Crippen LogP contribution is -2.27. The maximum absolute atomic E-state index is 13.7. The number of carboxylic acids is 1. The smallest absolute Gasteiger partial charge is 0.335 e. The highest BCUT2D eigenvalue weighted by atomic mass is 16.5. The lowest BCUT2D eigenvalue weighted by atomic mass is 9.97. The van der Waals surface area contributed by atoms with E-state index in [1.54, 1.807) is 24.3 Å². The van der Waals surface area contributed by atoms with E-state index < -0.39 is 5.97 Å². The van der Waals surface area contributed by atoms with Crippen molar-refractivity contribution < 1.29 is 23.7 Å². The molecule has 0 fully saturated rings. The Kier molecular flexibility index (Phi) is 6.13. The highest BCUT2D eigenvalue weighted by molar-refractivity contribution is 6.08. The van der Waals surface area contributed by atoms with E-state index in [-0.39, 0.29) is 17.5 Å². The van der Waals surface area contributed by atoms with E-state index in [1.807, 2.05) is 31.2 Å². The molecule has 6 aromatic rings. The first-order chi connectivity index (χ1) is 19.0. The van der Waals surface area contributed by atoms with Crippen LogP contribution in [-0.4, -0.2) is 27.3 Å². The number of benzene rings is 4. The molecule has 39 heavy (non-hydrogen) atoms. The summed E-state index contributed by atoms with van der Waals surface area (Å²) in [5.74, 6) is -0.740. The minimum atomic E-state index is -1.00. The van der Waals surface area contributed by atoms with Crippen LogP contribution in [0.5, 0.6) is 0 Å². The van der Waals surface area contributed by atoms with Crippen LogP contribution in [0.15, 0.2) is 100 Å². The van der Waals surface area contributed by atoms with Crippen molar-refractivity contribution in [2.24, 2.45) is 0 Å². The first kappa shape index (κ1) is 24.1. The molecule has 0 aliphatic rings. The molecule has 0 radical (unpaired) electrons. The summed E-state index contributed by atoms with van der Waals surface area (Å²) in [7, 11) is 0. The van der Waals surface area contributed by atoms with E-state index in [1.165, 1.54) is 18.4 Å². The number of carbonyl (C=O) groups is 2. The van der Waals surface area contributed by atoms with Gasteiger partial charge in [-0.15, -0.1) is 0 Å². The van der Waals surface area contributed by atoms with Crippen molar-refractivity contribution in [1.82, 2.24) is 15.6 Å². The molecule has 0 aliphatic carbocycles. The van der Waals surface area contributed by atoms with Crippen LogP contribution in [0.2, 0.25) is 0 Å². The van der Waals surface area contributed by atoms with Gasteiger partial charge in [0.25, 0.3) is 5.91 Å². The number of nitrogens with zero attached hydrogens (tertiary/aromatic N) is 2. The molecule has 6 rings (SSSR count). The number of fused-ring (bicyclic) bond motifs is 2. The Bertz CT molecular complexity index is 1820. The summed E-state index contributed by atoms with van der Waals surface area (Å²) in [5.41, 5.74) is 4.17. The number of hydrogen-bond donors (Lipinski definition) is 2. The molecule has 1 amide bonds. The van der Waals surface area contributed by atoms with Gasteiger partial charge in [-0.2, -0.15) is 0 Å². The van der Waals surface area contributed by atoms with Gasteiger partial charge in [0.2, 0.25) is 0 Å². The summed E-state index contributed by atoms with van der Waals surface area (Å²) in [4.78, 5) is 24.9. The quantitative estimate of drug-likeness (QED) is 0.251. The molecule has 4 aromatic carbocycles. The lowest BCUT2D eigenvalue weighted by Gasteiger charge is -2.16. The van der Waals surface area contributed by atoms with E-state index >= 15 is 0 Å². The summed E-state index contributed by atoms with van der Waals surface area (Å²) in [6.07, 6.45) is 1.92. The number of aromatic nitrogens is 2. The molecule has 2 heterocycles. The van der Waals surface area contributed by atoms with Crippen molar-refractivity contribution in [1.29, 1.82) is 0 Å². The van der Waals surface area contributed by atoms with Gasteiger partial charge in [-0.05, 0) is 53.1 Å². The Morgan fingerprint density at radius 3 is 2.46 bits per heavy atom. The largest absolute Gasteiger partial charge is 0.478 e. The molecular weight excluding hydrogens is 494 g/mol. The molecule has 8 heteroatoms. The third-order valence-electron chi connectivity index (χ3n) is 6.81. The van der Waals surface area contributed by atoms with Gasteiger partial charge in [0.15, 0.2) is 0 Å². The van der Waals surface area contributed by atoms with Gasteiger partial charge >= 0.3 is 5.97 Å². The standard InChI is InChI=1S/C31H23N3O5/c1-18(20-8-10-22(11-9-20)31(36)37)32-30(35)25-16-24(26-12-13-38-33-26)17-27-29(25)28(39-34-27)15-19-6-7-21-4-2-3-5-23(21)14-19/h2-14,16-18H,15H2,1H3,(H,32,35)(H,36,37)/t18-/m0/s1. The van der Waals surface area contributed by atoms with Crippen molar-refractivity contribution in [3.05, 3.63) is 119 Å². The Morgan fingerprint density at radius 1 is 0.923 bits per heavy atom. The molecule has 0 saturated carbocycles. The van der Waals surface area contributed by atoms with Crippen LogP contribution < -0.4 is 5.32 Å². The molecule has 2 aromatic heterocycles. The zero-order valence-electron chi connectivity index (χ0n) is 20.9. The minimum Gasteiger partial charge on any atom is -0.478 e. The second-order valence-electron chi connectivity index (χ2n) is 9.39.